The van der Waals surface area contributed by atoms with Crippen molar-refractivity contribution in [2.24, 2.45) is 0 Å². The molecule has 1 N–H and O–H groups in total. The normalized spacial score (nSPS) is 10.2. The van der Waals surface area contributed by atoms with Gasteiger partial charge in [0.1, 0.15) is 11.5 Å². The van der Waals surface area contributed by atoms with Crippen molar-refractivity contribution in [2.75, 3.05) is 13.1 Å². The highest BCUT2D eigenvalue weighted by Gasteiger charge is 2.18. The Labute approximate surface area is 163 Å². The maximum absolute atomic E-state index is 12.5. The predicted molar refractivity (Wildman–Crippen MR) is 102 cm³/mol. The van der Waals surface area contributed by atoms with Gasteiger partial charge in [0.05, 0.1) is 26.1 Å². The summed E-state index contributed by atoms with van der Waals surface area (Å²) in [5, 5.41) is 19.0. The summed E-state index contributed by atoms with van der Waals surface area (Å²) in [4.78, 5) is 14.1. The van der Waals surface area contributed by atoms with Crippen molar-refractivity contribution in [1.82, 2.24) is 4.90 Å². The number of amides is 1. The first-order valence-corrected chi connectivity index (χ1v) is 9.19. The number of hydrogen-bond acceptors (Lipinski definition) is 4. The minimum Gasteiger partial charge on any atom is -0.507 e. The number of aromatic hydroxyl groups is 1. The molecule has 0 fully saturated rings. The van der Waals surface area contributed by atoms with E-state index in [2.05, 4.69) is 37.9 Å². The number of nitrogens with zero attached hydrogens (tertiary/aromatic N) is 2. The topological polar surface area (TPSA) is 73.6 Å². The molecule has 0 heterocycles. The molecule has 0 atom stereocenters. The zero-order valence-electron chi connectivity index (χ0n) is 13.7. The maximum atomic E-state index is 12.5. The van der Waals surface area contributed by atoms with Gasteiger partial charge in [-0.1, -0.05) is 0 Å². The number of carbonyl (C=O) groups is 1. The first-order valence-electron chi connectivity index (χ1n) is 7.60. The highest BCUT2D eigenvalue weighted by atomic mass is 79.9. The van der Waals surface area contributed by atoms with Crippen LogP contribution in [-0.2, 0) is 0 Å². The molecule has 0 aliphatic heterocycles. The van der Waals surface area contributed by atoms with E-state index < -0.39 is 0 Å². The number of halogens is 2. The lowest BCUT2D eigenvalue weighted by atomic mass is 10.1. The van der Waals surface area contributed by atoms with E-state index in [4.69, 9.17) is 10.00 Å². The molecule has 0 bridgehead atoms. The van der Waals surface area contributed by atoms with Crippen LogP contribution in [0.1, 0.15) is 29.8 Å². The number of ether oxygens (including phenoxy) is 1. The lowest BCUT2D eigenvalue weighted by molar-refractivity contribution is 0.0769. The van der Waals surface area contributed by atoms with Crippen molar-refractivity contribution in [1.29, 1.82) is 5.26 Å². The predicted octanol–water partition coefficient (Wildman–Crippen LogP) is 5.06. The van der Waals surface area contributed by atoms with Crippen LogP contribution in [-0.4, -0.2) is 29.0 Å². The van der Waals surface area contributed by atoms with Gasteiger partial charge in [-0.2, -0.15) is 5.26 Å². The number of hydrogen-bond donors (Lipinski definition) is 1. The average Bonchev–Trinajstić information content (AvgIpc) is 2.60. The third-order valence-electron chi connectivity index (χ3n) is 3.60. The second-order valence-corrected chi connectivity index (χ2v) is 6.85. The van der Waals surface area contributed by atoms with E-state index in [0.29, 0.717) is 39.1 Å². The molecular formula is C18H16Br2N2O3. The zero-order valence-corrected chi connectivity index (χ0v) is 16.9. The molecule has 25 heavy (non-hydrogen) atoms. The number of phenols is 1. The van der Waals surface area contributed by atoms with Crippen LogP contribution in [0.2, 0.25) is 0 Å². The second kappa shape index (κ2) is 8.37. The molecule has 0 saturated carbocycles. The van der Waals surface area contributed by atoms with Crippen LogP contribution in [0.4, 0.5) is 0 Å². The van der Waals surface area contributed by atoms with Crippen molar-refractivity contribution >= 4 is 37.8 Å². The summed E-state index contributed by atoms with van der Waals surface area (Å²) in [5.74, 6) is 0.526. The third-order valence-corrected chi connectivity index (χ3v) is 4.77. The number of rotatable bonds is 5. The van der Waals surface area contributed by atoms with Crippen LogP contribution in [0.15, 0.2) is 39.3 Å². The molecule has 5 nitrogen and oxygen atoms in total. The Kier molecular flexibility index (Phi) is 6.45. The molecule has 0 unspecified atom stereocenters. The Hall–Kier alpha value is -2.04. The summed E-state index contributed by atoms with van der Waals surface area (Å²) in [5.41, 5.74) is 0.663. The molecule has 2 rings (SSSR count). The van der Waals surface area contributed by atoms with Gasteiger partial charge in [-0.25, -0.2) is 0 Å². The summed E-state index contributed by atoms with van der Waals surface area (Å²) in [6, 6.07) is 9.85. The van der Waals surface area contributed by atoms with E-state index in [1.54, 1.807) is 23.1 Å². The van der Waals surface area contributed by atoms with Crippen molar-refractivity contribution in [2.45, 2.75) is 13.8 Å². The standard InChI is InChI=1S/C18H16Br2N2O3/c1-3-22(4-2)18(24)13-9-12(5-6-16(13)23)25-17-14(19)7-11(10-21)8-15(17)20/h5-9,23H,3-4H2,1-2H3. The van der Waals surface area contributed by atoms with Gasteiger partial charge in [0.2, 0.25) is 0 Å². The van der Waals surface area contributed by atoms with Crippen LogP contribution >= 0.6 is 31.9 Å². The number of nitriles is 1. The fourth-order valence-electron chi connectivity index (χ4n) is 2.27. The van der Waals surface area contributed by atoms with Gasteiger partial charge >= 0.3 is 0 Å². The highest BCUT2D eigenvalue weighted by Crippen LogP contribution is 2.38. The Morgan fingerprint density at radius 1 is 1.20 bits per heavy atom. The summed E-state index contributed by atoms with van der Waals surface area (Å²) < 4.78 is 7.05. The number of benzene rings is 2. The minimum absolute atomic E-state index is 0.0952. The first kappa shape index (κ1) is 19.3. The summed E-state index contributed by atoms with van der Waals surface area (Å²) in [7, 11) is 0. The Morgan fingerprint density at radius 2 is 1.80 bits per heavy atom. The molecule has 0 aliphatic carbocycles. The van der Waals surface area contributed by atoms with Gasteiger partial charge < -0.3 is 14.7 Å². The van der Waals surface area contributed by atoms with Crippen LogP contribution < -0.4 is 4.74 Å². The quantitative estimate of drug-likeness (QED) is 0.666. The van der Waals surface area contributed by atoms with Gasteiger partial charge in [-0.3, -0.25) is 4.79 Å². The smallest absolute Gasteiger partial charge is 0.257 e. The Bertz CT molecular complexity index is 820. The SMILES string of the molecule is CCN(CC)C(=O)c1cc(Oc2c(Br)cc(C#N)cc2Br)ccc1O. The van der Waals surface area contributed by atoms with Crippen molar-refractivity contribution in [3.63, 3.8) is 0 Å². The van der Waals surface area contributed by atoms with E-state index >= 15 is 0 Å². The fraction of sp³-hybridized carbons (Fsp3) is 0.222. The molecule has 2 aromatic rings. The van der Waals surface area contributed by atoms with E-state index in [-0.39, 0.29) is 17.2 Å². The monoisotopic (exact) mass is 466 g/mol. The van der Waals surface area contributed by atoms with Crippen LogP contribution in [0.5, 0.6) is 17.2 Å². The van der Waals surface area contributed by atoms with Crippen LogP contribution in [0.3, 0.4) is 0 Å². The van der Waals surface area contributed by atoms with Gasteiger partial charge in [0.25, 0.3) is 5.91 Å². The van der Waals surface area contributed by atoms with Crippen LogP contribution in [0, 0.1) is 11.3 Å². The van der Waals surface area contributed by atoms with Crippen molar-refractivity contribution in [3.8, 4) is 23.3 Å². The number of phenolic OH excluding ortho intramolecular Hbond substituents is 1. The Morgan fingerprint density at radius 3 is 2.32 bits per heavy atom. The van der Waals surface area contributed by atoms with E-state index in [0.717, 1.165) is 0 Å². The largest absolute Gasteiger partial charge is 0.507 e. The molecule has 0 aromatic heterocycles. The maximum Gasteiger partial charge on any atom is 0.257 e. The van der Waals surface area contributed by atoms with E-state index in [9.17, 15) is 9.90 Å². The van der Waals surface area contributed by atoms with E-state index in [1.807, 2.05) is 13.8 Å². The molecule has 1 amide bonds. The summed E-state index contributed by atoms with van der Waals surface area (Å²) in [6.45, 7) is 4.85. The minimum atomic E-state index is -0.258. The molecule has 2 aromatic carbocycles. The summed E-state index contributed by atoms with van der Waals surface area (Å²) >= 11 is 6.75. The average molecular weight is 468 g/mol. The van der Waals surface area contributed by atoms with Gasteiger partial charge in [-0.05, 0) is 76.0 Å². The van der Waals surface area contributed by atoms with E-state index in [1.165, 1.54) is 12.1 Å². The lowest BCUT2D eigenvalue weighted by Gasteiger charge is -2.19. The second-order valence-electron chi connectivity index (χ2n) is 5.14. The number of carbonyl (C=O) groups excluding carboxylic acids is 1. The van der Waals surface area contributed by atoms with Gasteiger partial charge in [-0.15, -0.1) is 0 Å². The first-order chi connectivity index (χ1) is 11.9. The van der Waals surface area contributed by atoms with Gasteiger partial charge in [0.15, 0.2) is 5.75 Å². The molecule has 0 spiro atoms. The molecule has 0 saturated heterocycles. The molecule has 7 heteroatoms. The fourth-order valence-corrected chi connectivity index (χ4v) is 3.62. The highest BCUT2D eigenvalue weighted by molar-refractivity contribution is 9.11. The third kappa shape index (κ3) is 4.33. The van der Waals surface area contributed by atoms with Crippen molar-refractivity contribution in [3.05, 3.63) is 50.4 Å². The molecule has 0 radical (unpaired) electrons. The zero-order chi connectivity index (χ0) is 18.6. The molecular weight excluding hydrogens is 452 g/mol. The van der Waals surface area contributed by atoms with Crippen molar-refractivity contribution < 1.29 is 14.6 Å². The molecule has 130 valence electrons. The Balaban J connectivity index is 2.38. The summed E-state index contributed by atoms with van der Waals surface area (Å²) in [6.07, 6.45) is 0. The van der Waals surface area contributed by atoms with Crippen LogP contribution in [0.25, 0.3) is 0 Å². The van der Waals surface area contributed by atoms with Gasteiger partial charge in [0, 0.05) is 13.1 Å². The lowest BCUT2D eigenvalue weighted by Crippen LogP contribution is -2.30. The molecule has 0 aliphatic rings.